The maximum absolute atomic E-state index is 12.3. The van der Waals surface area contributed by atoms with Crippen LogP contribution in [0.2, 0.25) is 0 Å². The molecule has 587 valence electrons. The summed E-state index contributed by atoms with van der Waals surface area (Å²) in [5.41, 5.74) is 3.90. The van der Waals surface area contributed by atoms with Gasteiger partial charge in [-0.1, -0.05) is 136 Å². The summed E-state index contributed by atoms with van der Waals surface area (Å²) in [6, 6.07) is 38.5. The molecule has 9 rings (SSSR count). The van der Waals surface area contributed by atoms with Gasteiger partial charge in [0.15, 0.2) is 0 Å². The van der Waals surface area contributed by atoms with Crippen LogP contribution >= 0.6 is 0 Å². The number of esters is 1. The average Bonchev–Trinajstić information content (AvgIpc) is 1.43. The molecule has 7 N–H and O–H groups in total. The molecule has 5 saturated heterocycles. The quantitative estimate of drug-likeness (QED) is 0.0434. The van der Waals surface area contributed by atoms with Crippen molar-refractivity contribution in [3.63, 3.8) is 0 Å². The van der Waals surface area contributed by atoms with E-state index in [1.165, 1.54) is 12.8 Å². The van der Waals surface area contributed by atoms with E-state index in [0.717, 1.165) is 147 Å². The van der Waals surface area contributed by atoms with Crippen molar-refractivity contribution in [2.24, 2.45) is 5.92 Å². The van der Waals surface area contributed by atoms with Gasteiger partial charge >= 0.3 is 111 Å². The second-order valence-corrected chi connectivity index (χ2v) is 24.3. The van der Waals surface area contributed by atoms with E-state index in [0.29, 0.717) is 122 Å². The van der Waals surface area contributed by atoms with E-state index in [-0.39, 0.29) is 173 Å². The van der Waals surface area contributed by atoms with Gasteiger partial charge in [0.25, 0.3) is 0 Å². The van der Waals surface area contributed by atoms with Crippen LogP contribution in [0.5, 0.6) is 0 Å². The summed E-state index contributed by atoms with van der Waals surface area (Å²) in [4.78, 5) is 102. The molecule has 5 aliphatic rings. The number of carbonyl (C=O) groups excluding carboxylic acids is 8. The second kappa shape index (κ2) is 72.7. The Morgan fingerprint density at radius 1 is 0.396 bits per heavy atom. The van der Waals surface area contributed by atoms with E-state index in [1.54, 1.807) is 26.5 Å². The molecule has 27 heteroatoms. The molecule has 0 aromatic heterocycles. The number of nitrogens with one attached hydrogen (secondary N) is 1. The topological polar surface area (TPSA) is 339 Å². The molecule has 106 heavy (non-hydrogen) atoms. The molecule has 4 aromatic rings. The molecule has 0 spiro atoms. The van der Waals surface area contributed by atoms with Crippen molar-refractivity contribution in [3.8, 4) is 0 Å². The maximum atomic E-state index is 12.3. The fourth-order valence-corrected chi connectivity index (χ4v) is 11.2. The molecule has 5 fully saturated rings. The van der Waals surface area contributed by atoms with Gasteiger partial charge in [-0.05, 0) is 158 Å². The van der Waals surface area contributed by atoms with Crippen molar-refractivity contribution in [1.82, 2.24) is 24.9 Å². The van der Waals surface area contributed by atoms with Crippen molar-refractivity contribution in [2.75, 3.05) is 93.4 Å². The molecular weight excluding hydrogens is 1400 g/mol. The van der Waals surface area contributed by atoms with Gasteiger partial charge in [-0.2, -0.15) is 0 Å². The van der Waals surface area contributed by atoms with E-state index in [9.17, 15) is 48.6 Å². The SMILES string of the molecule is C.C.CCOC(=O)C1CCCN(C(=O)OCc2ccccc2)CCCC1=O.CO.CO.CO.O=C(OCc1ccccc1)N1CCCCC(O)CCC1.O=C1CCCCN(C(=O)OCc2ccccc2)CCC1.O=C1CCCN(C(=O)OCc2ccccc2)CCC1.OC1CCCCNCCC1.[B].[H-].[K+].[Na+].[OH-]. The van der Waals surface area contributed by atoms with Crippen molar-refractivity contribution < 1.29 is 175 Å². The van der Waals surface area contributed by atoms with Gasteiger partial charge in [0, 0.05) is 114 Å². The molecular formula is C79H127BKN5NaO19. The van der Waals surface area contributed by atoms with Crippen molar-refractivity contribution in [1.29, 1.82) is 0 Å². The minimum absolute atomic E-state index is 0. The van der Waals surface area contributed by atoms with Crippen LogP contribution in [0.15, 0.2) is 121 Å². The molecule has 3 atom stereocenters. The van der Waals surface area contributed by atoms with Gasteiger partial charge in [-0.15, -0.1) is 0 Å². The molecule has 0 aliphatic carbocycles. The molecule has 4 aromatic carbocycles. The maximum Gasteiger partial charge on any atom is 1.00 e. The Morgan fingerprint density at radius 3 is 1.03 bits per heavy atom. The summed E-state index contributed by atoms with van der Waals surface area (Å²) in [6.07, 6.45) is 16.5. The van der Waals surface area contributed by atoms with Crippen LogP contribution in [0.25, 0.3) is 0 Å². The summed E-state index contributed by atoms with van der Waals surface area (Å²) in [6.45, 7) is 10.2. The van der Waals surface area contributed by atoms with Crippen LogP contribution in [-0.2, 0) is 69.3 Å². The predicted octanol–water partition coefficient (Wildman–Crippen LogP) is 6.39. The Kier molecular flexibility index (Phi) is 75.1. The van der Waals surface area contributed by atoms with Gasteiger partial charge in [-0.3, -0.25) is 19.2 Å². The number of rotatable bonds is 10. The van der Waals surface area contributed by atoms with E-state index in [2.05, 4.69) is 5.32 Å². The number of ether oxygens (including phenoxy) is 5. The number of hydrogen-bond donors (Lipinski definition) is 6. The molecule has 5 aliphatic heterocycles. The molecule has 3 radical (unpaired) electrons. The Bertz CT molecular complexity index is 2800. The molecule has 0 saturated carbocycles. The first-order chi connectivity index (χ1) is 48.8. The summed E-state index contributed by atoms with van der Waals surface area (Å²) in [5, 5.41) is 43.3. The third-order valence-electron chi connectivity index (χ3n) is 16.6. The van der Waals surface area contributed by atoms with Crippen molar-refractivity contribution >= 4 is 56.1 Å². The number of ketones is 3. The van der Waals surface area contributed by atoms with Crippen LogP contribution in [0.4, 0.5) is 19.2 Å². The number of Topliss-reactive ketones (excluding diaryl/α,β-unsaturated/α-hetero) is 3. The molecule has 3 unspecified atom stereocenters. The van der Waals surface area contributed by atoms with Crippen molar-refractivity contribution in [3.05, 3.63) is 144 Å². The molecule has 0 bridgehead atoms. The number of aliphatic hydroxyl groups is 5. The van der Waals surface area contributed by atoms with Crippen LogP contribution < -0.4 is 86.3 Å². The third-order valence-corrected chi connectivity index (χ3v) is 16.6. The fraction of sp³-hybridized carbons (Fsp3) is 0.595. The number of hydrogen-bond acceptors (Lipinski definition) is 20. The van der Waals surface area contributed by atoms with Gasteiger partial charge < -0.3 is 81.0 Å². The Hall–Kier alpha value is -5.14. The number of carbonyl (C=O) groups is 8. The number of nitrogens with zero attached hydrogens (tertiary/aromatic N) is 4. The molecule has 4 amide bonds. The van der Waals surface area contributed by atoms with E-state index in [1.807, 2.05) is 121 Å². The van der Waals surface area contributed by atoms with Gasteiger partial charge in [0.1, 0.15) is 49.7 Å². The first-order valence-electron chi connectivity index (χ1n) is 35.7. The standard InChI is InChI=1S/C19H25NO5.C16H23NO3.C16H21NO3.C15H19NO3.C8H17NO.3CH4O.2CH4.B.K.Na.H2O.H/c1-2-24-18(22)16-10-6-12-20(13-7-11-17(16)21)19(23)25-14-15-8-4-3-5-9-15;2*18-15-9-4-5-11-17(12-6-10-15)16(19)20-13-14-7-2-1-3-8-14;17-14-8-4-10-16(11-5-9-14)15(18)19-12-13-6-2-1-3-7-13;10-8-4-1-2-6-9-7-3-5-8;3*1-2;;;;;;;/h3-5,8-9,16H,2,6-7,10-14H2,1H3;1-3,7-8,15,18H,4-6,9-13H2;1-3,7-8H,4-6,9-13H2;1-3,6-7H,4-5,8-12H2;8-10H,1-7H2;3*2H,1H3;2*1H4;;;;1H2;/q;;;;;;;;;;;2*+1;;-1/p-1. The van der Waals surface area contributed by atoms with Gasteiger partial charge in [0.05, 0.1) is 18.8 Å². The van der Waals surface area contributed by atoms with Crippen LogP contribution in [0, 0.1) is 5.92 Å². The molecule has 24 nitrogen and oxygen atoms in total. The average molecular weight is 1520 g/mol. The number of benzene rings is 4. The Balaban J connectivity index is -0.000000293. The minimum Gasteiger partial charge on any atom is -1.00 e. The largest absolute Gasteiger partial charge is 1.00 e. The summed E-state index contributed by atoms with van der Waals surface area (Å²) in [5.74, 6) is -0.646. The van der Waals surface area contributed by atoms with Crippen LogP contribution in [0.3, 0.4) is 0 Å². The summed E-state index contributed by atoms with van der Waals surface area (Å²) < 4.78 is 26.3. The van der Waals surface area contributed by atoms with Crippen LogP contribution in [-0.4, -0.2) is 212 Å². The number of amides is 4. The minimum atomic E-state index is -0.708. The predicted molar refractivity (Wildman–Crippen MR) is 406 cm³/mol. The van der Waals surface area contributed by atoms with Gasteiger partial charge in [0.2, 0.25) is 0 Å². The van der Waals surface area contributed by atoms with E-state index in [4.69, 9.17) is 39.0 Å². The zero-order valence-corrected chi connectivity index (χ0v) is 68.1. The summed E-state index contributed by atoms with van der Waals surface area (Å²) in [7, 11) is 3.00. The monoisotopic (exact) mass is 1520 g/mol. The van der Waals surface area contributed by atoms with Crippen molar-refractivity contribution in [2.45, 2.75) is 208 Å². The Morgan fingerprint density at radius 2 is 0.670 bits per heavy atom. The number of likely N-dealkylation sites (tertiary alicyclic amines) is 1. The van der Waals surface area contributed by atoms with Gasteiger partial charge in [-0.25, -0.2) is 19.2 Å². The zero-order valence-electron chi connectivity index (χ0n) is 64.0. The smallest absolute Gasteiger partial charge is 1.00 e. The molecule has 5 heterocycles. The first-order valence-corrected chi connectivity index (χ1v) is 35.7. The van der Waals surface area contributed by atoms with Crippen LogP contribution in [0.1, 0.15) is 193 Å². The second-order valence-electron chi connectivity index (χ2n) is 24.3. The number of aliphatic hydroxyl groups excluding tert-OH is 5. The normalized spacial score (nSPS) is 17.5. The summed E-state index contributed by atoms with van der Waals surface area (Å²) >= 11 is 0. The third kappa shape index (κ3) is 52.1. The first kappa shape index (κ1) is 109. The van der Waals surface area contributed by atoms with E-state index < -0.39 is 11.9 Å². The zero-order chi connectivity index (χ0) is 73.2. The van der Waals surface area contributed by atoms with E-state index >= 15 is 0 Å². The Labute approximate surface area is 701 Å². The fourth-order valence-electron chi connectivity index (χ4n) is 11.2.